The number of amides is 2. The minimum absolute atomic E-state index is 0.0156. The molecule has 32 heavy (non-hydrogen) atoms. The van der Waals surface area contributed by atoms with Gasteiger partial charge in [-0.15, -0.1) is 0 Å². The Bertz CT molecular complexity index is 853. The van der Waals surface area contributed by atoms with E-state index in [1.807, 2.05) is 49.9 Å². The third-order valence-electron chi connectivity index (χ3n) is 6.08. The highest BCUT2D eigenvalue weighted by molar-refractivity contribution is 6.35. The van der Waals surface area contributed by atoms with E-state index in [0.29, 0.717) is 57.3 Å². The number of benzene rings is 1. The summed E-state index contributed by atoms with van der Waals surface area (Å²) in [6, 6.07) is 7.43. The predicted octanol–water partition coefficient (Wildman–Crippen LogP) is 1.61. The van der Waals surface area contributed by atoms with Crippen LogP contribution in [0, 0.1) is 0 Å². The SMILES string of the molecule is CCOc1ccc(C2=C(N3CC(C)OC(C)C3)C(=O)N(CCN3CCOCC3)C2=O)cc1. The number of morpholine rings is 2. The molecule has 3 heterocycles. The molecule has 0 spiro atoms. The van der Waals surface area contributed by atoms with Gasteiger partial charge in [-0.1, -0.05) is 12.1 Å². The Balaban J connectivity index is 1.62. The van der Waals surface area contributed by atoms with Crippen LogP contribution in [0.5, 0.6) is 5.75 Å². The fraction of sp³-hybridized carbons (Fsp3) is 0.583. The monoisotopic (exact) mass is 443 g/mol. The zero-order valence-electron chi connectivity index (χ0n) is 19.2. The van der Waals surface area contributed by atoms with Gasteiger partial charge in [-0.05, 0) is 38.5 Å². The van der Waals surface area contributed by atoms with Gasteiger partial charge < -0.3 is 19.1 Å². The molecule has 1 aromatic carbocycles. The molecule has 2 saturated heterocycles. The zero-order chi connectivity index (χ0) is 22.7. The largest absolute Gasteiger partial charge is 0.494 e. The molecule has 0 aromatic heterocycles. The molecule has 3 aliphatic rings. The van der Waals surface area contributed by atoms with E-state index >= 15 is 0 Å². The van der Waals surface area contributed by atoms with Gasteiger partial charge in [0.15, 0.2) is 0 Å². The van der Waals surface area contributed by atoms with Crippen LogP contribution in [0.15, 0.2) is 30.0 Å². The number of hydrogen-bond acceptors (Lipinski definition) is 7. The van der Waals surface area contributed by atoms with Crippen LogP contribution in [0.3, 0.4) is 0 Å². The van der Waals surface area contributed by atoms with Crippen molar-refractivity contribution in [1.82, 2.24) is 14.7 Å². The second kappa shape index (κ2) is 10.0. The summed E-state index contributed by atoms with van der Waals surface area (Å²) in [5, 5.41) is 0. The molecule has 8 heteroatoms. The average molecular weight is 444 g/mol. The van der Waals surface area contributed by atoms with E-state index in [-0.39, 0.29) is 24.0 Å². The van der Waals surface area contributed by atoms with Crippen LogP contribution < -0.4 is 4.74 Å². The Morgan fingerprint density at radius 3 is 2.25 bits per heavy atom. The van der Waals surface area contributed by atoms with E-state index < -0.39 is 0 Å². The minimum Gasteiger partial charge on any atom is -0.494 e. The summed E-state index contributed by atoms with van der Waals surface area (Å²) >= 11 is 0. The first-order valence-corrected chi connectivity index (χ1v) is 11.5. The van der Waals surface area contributed by atoms with Gasteiger partial charge in [0.25, 0.3) is 11.8 Å². The zero-order valence-corrected chi connectivity index (χ0v) is 19.2. The summed E-state index contributed by atoms with van der Waals surface area (Å²) in [7, 11) is 0. The van der Waals surface area contributed by atoms with Crippen LogP contribution in [-0.2, 0) is 19.1 Å². The molecular weight excluding hydrogens is 410 g/mol. The van der Waals surface area contributed by atoms with Gasteiger partial charge in [-0.3, -0.25) is 19.4 Å². The third-order valence-corrected chi connectivity index (χ3v) is 6.08. The first-order valence-electron chi connectivity index (χ1n) is 11.5. The van der Waals surface area contributed by atoms with Crippen molar-refractivity contribution in [2.45, 2.75) is 33.0 Å². The number of hydrogen-bond donors (Lipinski definition) is 0. The molecule has 8 nitrogen and oxygen atoms in total. The standard InChI is InChI=1S/C24H33N3O5/c1-4-31-20-7-5-19(6-8-20)21-22(26-15-17(2)32-18(3)16-26)24(29)27(23(21)28)10-9-25-11-13-30-14-12-25/h5-8,17-18H,4,9-16H2,1-3H3. The molecule has 174 valence electrons. The average Bonchev–Trinajstić information content (AvgIpc) is 3.03. The van der Waals surface area contributed by atoms with E-state index in [9.17, 15) is 9.59 Å². The van der Waals surface area contributed by atoms with Crippen molar-refractivity contribution in [3.8, 4) is 5.75 Å². The van der Waals surface area contributed by atoms with Crippen LogP contribution in [0.4, 0.5) is 0 Å². The van der Waals surface area contributed by atoms with E-state index in [1.54, 1.807) is 0 Å². The lowest BCUT2D eigenvalue weighted by molar-refractivity contribution is -0.138. The summed E-state index contributed by atoms with van der Waals surface area (Å²) in [5.74, 6) is 0.302. The van der Waals surface area contributed by atoms with Gasteiger partial charge in [-0.2, -0.15) is 0 Å². The Kier molecular flexibility index (Phi) is 7.13. The quantitative estimate of drug-likeness (QED) is 0.593. The van der Waals surface area contributed by atoms with Crippen LogP contribution in [-0.4, -0.2) is 97.8 Å². The number of imide groups is 1. The van der Waals surface area contributed by atoms with E-state index in [4.69, 9.17) is 14.2 Å². The van der Waals surface area contributed by atoms with Crippen molar-refractivity contribution in [2.24, 2.45) is 0 Å². The summed E-state index contributed by atoms with van der Waals surface area (Å²) in [6.07, 6.45) is -0.0312. The highest BCUT2D eigenvalue weighted by Crippen LogP contribution is 2.34. The first kappa shape index (κ1) is 22.8. The Morgan fingerprint density at radius 1 is 0.969 bits per heavy atom. The topological polar surface area (TPSA) is 71.6 Å². The van der Waals surface area contributed by atoms with Gasteiger partial charge in [0.05, 0.1) is 37.6 Å². The van der Waals surface area contributed by atoms with Crippen molar-refractivity contribution in [3.05, 3.63) is 35.5 Å². The normalized spacial score (nSPS) is 25.1. The molecule has 2 unspecified atom stereocenters. The molecule has 0 saturated carbocycles. The lowest BCUT2D eigenvalue weighted by Gasteiger charge is -2.37. The van der Waals surface area contributed by atoms with E-state index in [0.717, 1.165) is 24.4 Å². The summed E-state index contributed by atoms with van der Waals surface area (Å²) in [6.45, 7) is 11.7. The summed E-state index contributed by atoms with van der Waals surface area (Å²) in [5.41, 5.74) is 1.70. The maximum atomic E-state index is 13.6. The summed E-state index contributed by atoms with van der Waals surface area (Å²) < 4.78 is 16.8. The van der Waals surface area contributed by atoms with Crippen LogP contribution in [0.1, 0.15) is 26.3 Å². The Hall–Kier alpha value is -2.42. The lowest BCUT2D eigenvalue weighted by Crippen LogP contribution is -2.48. The number of ether oxygens (including phenoxy) is 3. The highest BCUT2D eigenvalue weighted by Gasteiger charge is 2.43. The van der Waals surface area contributed by atoms with E-state index in [2.05, 4.69) is 4.90 Å². The van der Waals surface area contributed by atoms with Gasteiger partial charge in [0, 0.05) is 39.3 Å². The first-order chi connectivity index (χ1) is 15.5. The lowest BCUT2D eigenvalue weighted by atomic mass is 10.0. The van der Waals surface area contributed by atoms with Crippen molar-refractivity contribution in [3.63, 3.8) is 0 Å². The van der Waals surface area contributed by atoms with Crippen LogP contribution in [0.2, 0.25) is 0 Å². The van der Waals surface area contributed by atoms with Gasteiger partial charge in [-0.25, -0.2) is 0 Å². The summed E-state index contributed by atoms with van der Waals surface area (Å²) in [4.78, 5) is 32.7. The molecule has 2 amide bonds. The van der Waals surface area contributed by atoms with Gasteiger partial charge in [0.2, 0.25) is 0 Å². The van der Waals surface area contributed by atoms with E-state index in [1.165, 1.54) is 4.90 Å². The number of carbonyl (C=O) groups is 2. The minimum atomic E-state index is -0.228. The molecule has 2 fully saturated rings. The maximum absolute atomic E-state index is 13.6. The third kappa shape index (κ3) is 4.82. The maximum Gasteiger partial charge on any atom is 0.277 e. The van der Waals surface area contributed by atoms with Crippen molar-refractivity contribution in [1.29, 1.82) is 0 Å². The number of rotatable bonds is 7. The molecule has 0 N–H and O–H groups in total. The molecule has 0 bridgehead atoms. The van der Waals surface area contributed by atoms with Crippen molar-refractivity contribution >= 4 is 17.4 Å². The fourth-order valence-corrected chi connectivity index (χ4v) is 4.63. The van der Waals surface area contributed by atoms with Crippen molar-refractivity contribution in [2.75, 3.05) is 59.1 Å². The molecule has 0 aliphatic carbocycles. The molecule has 0 radical (unpaired) electrons. The Labute approximate surface area is 189 Å². The molecule has 1 aromatic rings. The van der Waals surface area contributed by atoms with Crippen LogP contribution >= 0.6 is 0 Å². The molecule has 4 rings (SSSR count). The fourth-order valence-electron chi connectivity index (χ4n) is 4.63. The van der Waals surface area contributed by atoms with Crippen molar-refractivity contribution < 1.29 is 23.8 Å². The van der Waals surface area contributed by atoms with Gasteiger partial charge >= 0.3 is 0 Å². The Morgan fingerprint density at radius 2 is 1.62 bits per heavy atom. The smallest absolute Gasteiger partial charge is 0.277 e. The van der Waals surface area contributed by atoms with Gasteiger partial charge in [0.1, 0.15) is 11.4 Å². The second-order valence-electron chi connectivity index (χ2n) is 8.56. The van der Waals surface area contributed by atoms with Crippen LogP contribution in [0.25, 0.3) is 5.57 Å². The molecule has 3 aliphatic heterocycles. The second-order valence-corrected chi connectivity index (χ2v) is 8.56. The molecule has 2 atom stereocenters. The molecular formula is C24H33N3O5. The number of nitrogens with zero attached hydrogens (tertiary/aromatic N) is 3. The highest BCUT2D eigenvalue weighted by atomic mass is 16.5. The predicted molar refractivity (Wildman–Crippen MR) is 120 cm³/mol. The number of carbonyl (C=O) groups excluding carboxylic acids is 2.